The highest BCUT2D eigenvalue weighted by molar-refractivity contribution is 5.59. The van der Waals surface area contributed by atoms with Crippen LogP contribution in [0.1, 0.15) is 32.3 Å². The van der Waals surface area contributed by atoms with Gasteiger partial charge in [0, 0.05) is 37.3 Å². The molecule has 1 aromatic carbocycles. The lowest BCUT2D eigenvalue weighted by Crippen LogP contribution is -2.45. The first-order valence-electron chi connectivity index (χ1n) is 7.99. The van der Waals surface area contributed by atoms with Gasteiger partial charge in [-0.15, -0.1) is 0 Å². The second-order valence-corrected chi connectivity index (χ2v) is 6.58. The smallest absolute Gasteiger partial charge is 0.171 e. The topological polar surface area (TPSA) is 47.7 Å². The number of anilines is 2. The van der Waals surface area contributed by atoms with Gasteiger partial charge in [-0.3, -0.25) is 0 Å². The molecule has 116 valence electrons. The predicted octanol–water partition coefficient (Wildman–Crippen LogP) is 2.81. The van der Waals surface area contributed by atoms with Crippen LogP contribution in [0.5, 0.6) is 0 Å². The second-order valence-electron chi connectivity index (χ2n) is 6.58. The summed E-state index contributed by atoms with van der Waals surface area (Å²) in [6.45, 7) is 7.88. The van der Waals surface area contributed by atoms with Gasteiger partial charge >= 0.3 is 0 Å². The van der Waals surface area contributed by atoms with Crippen LogP contribution in [0.3, 0.4) is 0 Å². The fraction of sp³-hybridized carbons (Fsp3) is 0.647. The highest BCUT2D eigenvalue weighted by Crippen LogP contribution is 2.34. The van der Waals surface area contributed by atoms with Crippen molar-refractivity contribution in [1.82, 2.24) is 0 Å². The molecule has 4 nitrogen and oxygen atoms in total. The molecule has 2 aliphatic rings. The molecular weight excluding hydrogens is 264 g/mol. The van der Waals surface area contributed by atoms with Gasteiger partial charge in [-0.25, -0.2) is 0 Å². The average molecular weight is 290 g/mol. The summed E-state index contributed by atoms with van der Waals surface area (Å²) in [5.41, 5.74) is 9.54. The fourth-order valence-corrected chi connectivity index (χ4v) is 3.30. The van der Waals surface area contributed by atoms with Gasteiger partial charge in [-0.1, -0.05) is 13.8 Å². The number of nitrogen functional groups attached to an aromatic ring is 1. The molecule has 0 atom stereocenters. The summed E-state index contributed by atoms with van der Waals surface area (Å²) < 4.78 is 11.6. The quantitative estimate of drug-likeness (QED) is 0.870. The molecule has 21 heavy (non-hydrogen) atoms. The molecule has 2 aliphatic heterocycles. The van der Waals surface area contributed by atoms with Crippen LogP contribution in [0.15, 0.2) is 18.2 Å². The van der Waals surface area contributed by atoms with Crippen molar-refractivity contribution in [3.05, 3.63) is 23.8 Å². The van der Waals surface area contributed by atoms with E-state index in [-0.39, 0.29) is 5.79 Å². The van der Waals surface area contributed by atoms with Crippen LogP contribution in [0.2, 0.25) is 0 Å². The number of ether oxygens (including phenoxy) is 2. The number of rotatable bonds is 3. The van der Waals surface area contributed by atoms with E-state index in [1.807, 2.05) is 6.07 Å². The Balaban J connectivity index is 1.70. The van der Waals surface area contributed by atoms with Gasteiger partial charge in [0.2, 0.25) is 0 Å². The molecule has 2 saturated heterocycles. The van der Waals surface area contributed by atoms with E-state index >= 15 is 0 Å². The van der Waals surface area contributed by atoms with Crippen LogP contribution in [-0.2, 0) is 15.9 Å². The number of hydrogen-bond donors (Lipinski definition) is 1. The molecule has 1 spiro atoms. The first kappa shape index (κ1) is 14.7. The van der Waals surface area contributed by atoms with Crippen molar-refractivity contribution in [2.75, 3.05) is 36.9 Å². The van der Waals surface area contributed by atoms with E-state index in [0.29, 0.717) is 5.92 Å². The Hall–Kier alpha value is -1.26. The zero-order valence-corrected chi connectivity index (χ0v) is 13.1. The van der Waals surface area contributed by atoms with Crippen LogP contribution in [0.25, 0.3) is 0 Å². The molecule has 2 heterocycles. The van der Waals surface area contributed by atoms with Crippen molar-refractivity contribution in [3.63, 3.8) is 0 Å². The van der Waals surface area contributed by atoms with E-state index in [1.165, 1.54) is 11.3 Å². The normalized spacial score (nSPS) is 21.4. The van der Waals surface area contributed by atoms with Crippen LogP contribution < -0.4 is 10.6 Å². The van der Waals surface area contributed by atoms with Crippen LogP contribution in [0, 0.1) is 5.92 Å². The molecule has 2 N–H and O–H groups in total. The summed E-state index contributed by atoms with van der Waals surface area (Å²) in [6, 6.07) is 6.43. The van der Waals surface area contributed by atoms with E-state index in [9.17, 15) is 0 Å². The summed E-state index contributed by atoms with van der Waals surface area (Å²) in [7, 11) is 0. The molecule has 0 amide bonds. The van der Waals surface area contributed by atoms with Crippen molar-refractivity contribution in [2.24, 2.45) is 5.92 Å². The molecule has 1 aromatic rings. The van der Waals surface area contributed by atoms with Crippen molar-refractivity contribution in [2.45, 2.75) is 38.9 Å². The largest absolute Gasteiger partial charge is 0.399 e. The second kappa shape index (κ2) is 5.85. The molecule has 2 fully saturated rings. The predicted molar refractivity (Wildman–Crippen MR) is 85.5 cm³/mol. The lowest BCUT2D eigenvalue weighted by atomic mass is 9.99. The molecule has 0 saturated carbocycles. The number of piperidine rings is 1. The molecule has 0 aromatic heterocycles. The van der Waals surface area contributed by atoms with Gasteiger partial charge in [-0.2, -0.15) is 0 Å². The van der Waals surface area contributed by atoms with Crippen molar-refractivity contribution >= 4 is 11.4 Å². The SMILES string of the molecule is CC(C)Cc1cc(N2CCC3(CC2)OCCO3)ccc1N. The lowest BCUT2D eigenvalue weighted by Gasteiger charge is -2.38. The van der Waals surface area contributed by atoms with Gasteiger partial charge in [-0.05, 0) is 36.1 Å². The maximum atomic E-state index is 6.10. The maximum absolute atomic E-state index is 6.10. The third kappa shape index (κ3) is 3.16. The maximum Gasteiger partial charge on any atom is 0.171 e. The first-order valence-corrected chi connectivity index (χ1v) is 7.99. The molecule has 0 unspecified atom stereocenters. The number of benzene rings is 1. The summed E-state index contributed by atoms with van der Waals surface area (Å²) in [5, 5.41) is 0. The zero-order valence-electron chi connectivity index (χ0n) is 13.1. The molecule has 0 aliphatic carbocycles. The summed E-state index contributed by atoms with van der Waals surface area (Å²) in [6.07, 6.45) is 2.91. The number of nitrogens with zero attached hydrogens (tertiary/aromatic N) is 1. The molecule has 4 heteroatoms. The Kier molecular flexibility index (Phi) is 4.09. The van der Waals surface area contributed by atoms with Crippen LogP contribution >= 0.6 is 0 Å². The van der Waals surface area contributed by atoms with Crippen LogP contribution in [-0.4, -0.2) is 32.1 Å². The van der Waals surface area contributed by atoms with Gasteiger partial charge in [0.15, 0.2) is 5.79 Å². The van der Waals surface area contributed by atoms with Crippen LogP contribution in [0.4, 0.5) is 11.4 Å². The Morgan fingerprint density at radius 2 is 1.86 bits per heavy atom. The standard InChI is InChI=1S/C17H26N2O2/c1-13(2)11-14-12-15(3-4-16(14)18)19-7-5-17(6-8-19)20-9-10-21-17/h3-4,12-13H,5-11,18H2,1-2H3. The summed E-state index contributed by atoms with van der Waals surface area (Å²) in [4.78, 5) is 2.42. The average Bonchev–Trinajstić information content (AvgIpc) is 2.90. The first-order chi connectivity index (χ1) is 10.1. The van der Waals surface area contributed by atoms with E-state index < -0.39 is 0 Å². The third-order valence-corrected chi connectivity index (χ3v) is 4.46. The Morgan fingerprint density at radius 1 is 1.19 bits per heavy atom. The minimum absolute atomic E-state index is 0.301. The highest BCUT2D eigenvalue weighted by atomic mass is 16.7. The minimum atomic E-state index is -0.301. The Morgan fingerprint density at radius 3 is 2.48 bits per heavy atom. The minimum Gasteiger partial charge on any atom is -0.399 e. The van der Waals surface area contributed by atoms with E-state index in [4.69, 9.17) is 15.2 Å². The third-order valence-electron chi connectivity index (χ3n) is 4.46. The molecule has 0 radical (unpaired) electrons. The van der Waals surface area contributed by atoms with E-state index in [2.05, 4.69) is 30.9 Å². The van der Waals surface area contributed by atoms with E-state index in [1.54, 1.807) is 0 Å². The zero-order chi connectivity index (χ0) is 14.9. The molecule has 3 rings (SSSR count). The number of nitrogens with two attached hydrogens (primary N) is 1. The Labute approximate surface area is 127 Å². The van der Waals surface area contributed by atoms with Crippen molar-refractivity contribution < 1.29 is 9.47 Å². The van der Waals surface area contributed by atoms with Crippen molar-refractivity contribution in [1.29, 1.82) is 0 Å². The van der Waals surface area contributed by atoms with Gasteiger partial charge < -0.3 is 20.1 Å². The van der Waals surface area contributed by atoms with Crippen molar-refractivity contribution in [3.8, 4) is 0 Å². The van der Waals surface area contributed by atoms with Gasteiger partial charge in [0.25, 0.3) is 0 Å². The summed E-state index contributed by atoms with van der Waals surface area (Å²) in [5.74, 6) is 0.317. The van der Waals surface area contributed by atoms with Gasteiger partial charge in [0.1, 0.15) is 0 Å². The molecular formula is C17H26N2O2. The Bertz CT molecular complexity index is 486. The summed E-state index contributed by atoms with van der Waals surface area (Å²) >= 11 is 0. The fourth-order valence-electron chi connectivity index (χ4n) is 3.30. The van der Waals surface area contributed by atoms with E-state index in [0.717, 1.165) is 51.3 Å². The molecule has 0 bridgehead atoms. The lowest BCUT2D eigenvalue weighted by molar-refractivity contribution is -0.169. The van der Waals surface area contributed by atoms with Gasteiger partial charge in [0.05, 0.1) is 13.2 Å². The highest BCUT2D eigenvalue weighted by Gasteiger charge is 2.39. The monoisotopic (exact) mass is 290 g/mol. The number of hydrogen-bond acceptors (Lipinski definition) is 4.